The summed E-state index contributed by atoms with van der Waals surface area (Å²) in [5, 5.41) is 3.89. The van der Waals surface area contributed by atoms with E-state index in [0.717, 1.165) is 42.9 Å². The number of hydrogen-bond acceptors (Lipinski definition) is 5. The first-order valence-corrected chi connectivity index (χ1v) is 13.5. The zero-order chi connectivity index (χ0) is 23.2. The number of aromatic nitrogens is 2. The van der Waals surface area contributed by atoms with E-state index in [0.29, 0.717) is 12.0 Å². The molecular formula is C26H34BrCoN5. The van der Waals surface area contributed by atoms with Crippen molar-refractivity contribution >= 4 is 26.3 Å². The number of hydrogen-bond donors (Lipinski definition) is 1. The summed E-state index contributed by atoms with van der Waals surface area (Å²) in [6.07, 6.45) is 6.39. The second-order valence-corrected chi connectivity index (χ2v) is 11.9. The van der Waals surface area contributed by atoms with Gasteiger partial charge < -0.3 is 0 Å². The standard InChI is InChI=1S/C26H34BrN5.Co/c1-18-4-9-23-24(18)25(29-17-28-23)32-14-12-31(13-15-32)16-21(19-5-7-20(27)8-6-19)22-10-11-26(2,3)30-22;/h5-8,17-18,21-22,30H,4,9-15H2,1-3H3;/t18-,21+,22+;/m1./s1. The molecule has 7 heteroatoms. The molecule has 1 aliphatic carbocycles. The van der Waals surface area contributed by atoms with Crippen molar-refractivity contribution in [2.75, 3.05) is 31.1 Å². The number of halogens is 1. The number of aryl methyl sites for hydroxylation is 1. The SMILES string of the molecule is C[C@@H]1CCc2ncnc(N3CCN([C](=[Co])[C@@H](c4ccc(Br)cc4)[C@@H]4CCC(C)(C)N4)CC3)c21. The Labute approximate surface area is 214 Å². The molecular weight excluding hydrogens is 521 g/mol. The maximum absolute atomic E-state index is 5.24. The van der Waals surface area contributed by atoms with Gasteiger partial charge in [0.05, 0.1) is 0 Å². The Bertz CT molecular complexity index is 1020. The molecule has 3 atom stereocenters. The fourth-order valence-corrected chi connectivity index (χ4v) is 6.68. The van der Waals surface area contributed by atoms with E-state index in [2.05, 4.69) is 81.1 Å². The fourth-order valence-electron chi connectivity index (χ4n) is 5.80. The quantitative estimate of drug-likeness (QED) is 0.593. The van der Waals surface area contributed by atoms with Crippen LogP contribution in [0.25, 0.3) is 0 Å². The van der Waals surface area contributed by atoms with E-state index in [-0.39, 0.29) is 11.5 Å². The van der Waals surface area contributed by atoms with E-state index in [1.54, 1.807) is 6.33 Å². The average molecular weight is 555 g/mol. The normalized spacial score (nSPS) is 25.8. The van der Waals surface area contributed by atoms with Crippen LogP contribution in [0.1, 0.15) is 68.7 Å². The van der Waals surface area contributed by atoms with Gasteiger partial charge in [-0.2, -0.15) is 0 Å². The summed E-state index contributed by atoms with van der Waals surface area (Å²) in [7, 11) is 0. The van der Waals surface area contributed by atoms with Crippen LogP contribution >= 0.6 is 15.9 Å². The predicted molar refractivity (Wildman–Crippen MR) is 135 cm³/mol. The van der Waals surface area contributed by atoms with Crippen molar-refractivity contribution in [3.63, 3.8) is 0 Å². The molecule has 3 heterocycles. The van der Waals surface area contributed by atoms with Crippen LogP contribution in [-0.2, 0) is 21.7 Å². The summed E-state index contributed by atoms with van der Waals surface area (Å²) >= 11 is 8.84. The number of fused-ring (bicyclic) bond motifs is 1. The van der Waals surface area contributed by atoms with Gasteiger partial charge in [-0.15, -0.1) is 0 Å². The van der Waals surface area contributed by atoms with Crippen LogP contribution in [0.2, 0.25) is 0 Å². The van der Waals surface area contributed by atoms with Crippen LogP contribution in [0.5, 0.6) is 0 Å². The molecule has 5 nitrogen and oxygen atoms in total. The molecule has 0 unspecified atom stereocenters. The first-order chi connectivity index (χ1) is 15.8. The van der Waals surface area contributed by atoms with Gasteiger partial charge in [0.2, 0.25) is 0 Å². The van der Waals surface area contributed by atoms with Crippen molar-refractivity contribution in [1.29, 1.82) is 0 Å². The van der Waals surface area contributed by atoms with Crippen LogP contribution < -0.4 is 10.2 Å². The van der Waals surface area contributed by atoms with E-state index in [1.807, 2.05) is 0 Å². The first-order valence-electron chi connectivity index (χ1n) is 12.2. The molecule has 1 aromatic carbocycles. The third kappa shape index (κ3) is 4.85. The molecule has 1 aromatic heterocycles. The summed E-state index contributed by atoms with van der Waals surface area (Å²) in [6.45, 7) is 10.8. The number of nitrogens with one attached hydrogen (secondary N) is 1. The van der Waals surface area contributed by atoms with Crippen LogP contribution in [0.15, 0.2) is 35.1 Å². The Morgan fingerprint density at radius 2 is 1.85 bits per heavy atom. The molecule has 0 saturated carbocycles. The van der Waals surface area contributed by atoms with Crippen molar-refractivity contribution in [2.24, 2.45) is 0 Å². The number of nitrogens with zero attached hydrogens (tertiary/aromatic N) is 4. The Morgan fingerprint density at radius 3 is 2.52 bits per heavy atom. The van der Waals surface area contributed by atoms with Gasteiger partial charge in [-0.1, -0.05) is 0 Å². The van der Waals surface area contributed by atoms with Crippen LogP contribution in [-0.4, -0.2) is 57.2 Å². The number of anilines is 1. The van der Waals surface area contributed by atoms with Crippen molar-refractivity contribution in [1.82, 2.24) is 20.2 Å². The van der Waals surface area contributed by atoms with E-state index < -0.39 is 0 Å². The van der Waals surface area contributed by atoms with E-state index in [4.69, 9.17) is 20.3 Å². The maximum atomic E-state index is 5.24. The summed E-state index contributed by atoms with van der Waals surface area (Å²) < 4.78 is 2.30. The van der Waals surface area contributed by atoms with Gasteiger partial charge in [-0.25, -0.2) is 0 Å². The van der Waals surface area contributed by atoms with Gasteiger partial charge in [-0.3, -0.25) is 0 Å². The third-order valence-corrected chi connectivity index (χ3v) is 8.83. The van der Waals surface area contributed by atoms with Gasteiger partial charge in [0, 0.05) is 0 Å². The second kappa shape index (κ2) is 9.49. The van der Waals surface area contributed by atoms with Crippen LogP contribution in [0.4, 0.5) is 5.82 Å². The number of rotatable bonds is 5. The van der Waals surface area contributed by atoms with E-state index >= 15 is 0 Å². The Balaban J connectivity index is 1.33. The van der Waals surface area contributed by atoms with Crippen molar-refractivity contribution in [2.45, 2.75) is 69.9 Å². The molecule has 3 aliphatic rings. The third-order valence-electron chi connectivity index (χ3n) is 7.65. The Kier molecular flexibility index (Phi) is 6.79. The van der Waals surface area contributed by atoms with Crippen molar-refractivity contribution in [3.05, 3.63) is 51.9 Å². The molecule has 2 aromatic rings. The minimum atomic E-state index is 0.175. The number of piperazine rings is 1. The zero-order valence-electron chi connectivity index (χ0n) is 19.8. The molecule has 0 radical (unpaired) electrons. The molecule has 2 saturated heterocycles. The predicted octanol–water partition coefficient (Wildman–Crippen LogP) is 4.40. The summed E-state index contributed by atoms with van der Waals surface area (Å²) in [5.41, 5.74) is 4.14. The molecule has 0 bridgehead atoms. The van der Waals surface area contributed by atoms with E-state index in [1.165, 1.54) is 40.7 Å². The topological polar surface area (TPSA) is 44.3 Å². The first kappa shape index (κ1) is 23.6. The van der Waals surface area contributed by atoms with Crippen LogP contribution in [0.3, 0.4) is 0 Å². The van der Waals surface area contributed by atoms with Crippen molar-refractivity contribution < 1.29 is 15.3 Å². The fraction of sp³-hybridized carbons (Fsp3) is 0.577. The molecule has 0 amide bonds. The van der Waals surface area contributed by atoms with Gasteiger partial charge in [0.1, 0.15) is 0 Å². The molecule has 33 heavy (non-hydrogen) atoms. The summed E-state index contributed by atoms with van der Waals surface area (Å²) in [5.74, 6) is 1.97. The van der Waals surface area contributed by atoms with Gasteiger partial charge in [0.25, 0.3) is 0 Å². The van der Waals surface area contributed by atoms with Gasteiger partial charge in [0.15, 0.2) is 0 Å². The minimum absolute atomic E-state index is 0.175. The number of benzene rings is 1. The zero-order valence-corrected chi connectivity index (χ0v) is 22.4. The average Bonchev–Trinajstić information content (AvgIpc) is 3.37. The molecule has 2 aliphatic heterocycles. The van der Waals surface area contributed by atoms with Gasteiger partial charge in [-0.05, 0) is 0 Å². The summed E-state index contributed by atoms with van der Waals surface area (Å²) in [6, 6.07) is 9.20. The summed E-state index contributed by atoms with van der Waals surface area (Å²) in [4.78, 5) is 14.2. The van der Waals surface area contributed by atoms with Crippen LogP contribution in [0, 0.1) is 0 Å². The molecule has 0 spiro atoms. The molecule has 5 rings (SSSR count). The molecule has 1 N–H and O–H groups in total. The van der Waals surface area contributed by atoms with E-state index in [9.17, 15) is 0 Å². The molecule has 2 fully saturated rings. The Morgan fingerprint density at radius 1 is 1.12 bits per heavy atom. The Hall–Kier alpha value is -1.12. The second-order valence-electron chi connectivity index (χ2n) is 10.5. The monoisotopic (exact) mass is 554 g/mol. The molecule has 179 valence electrons. The van der Waals surface area contributed by atoms with Gasteiger partial charge >= 0.3 is 215 Å². The van der Waals surface area contributed by atoms with Crippen molar-refractivity contribution in [3.8, 4) is 0 Å².